The molecule has 3 aromatic rings. The third-order valence-electron chi connectivity index (χ3n) is 5.83. The molecular weight excluding hydrogens is 738 g/mol. The number of hydrogen-bond acceptors (Lipinski definition) is 4. The summed E-state index contributed by atoms with van der Waals surface area (Å²) in [6, 6.07) is 4.11. The minimum absolute atomic E-state index is 0.360. The number of amides is 2. The molecule has 46 heavy (non-hydrogen) atoms. The zero-order valence-electron chi connectivity index (χ0n) is 21.5. The number of hydrogen-bond donors (Lipinski definition) is 2. The quantitative estimate of drug-likeness (QED) is 0.144. The van der Waals surface area contributed by atoms with E-state index in [1.165, 1.54) is 5.32 Å². The fraction of sp³-hybridized carbons (Fsp3) is 0.200. The summed E-state index contributed by atoms with van der Waals surface area (Å²) in [4.78, 5) is 25.3. The van der Waals surface area contributed by atoms with Gasteiger partial charge in [0, 0.05) is 15.6 Å². The van der Waals surface area contributed by atoms with Crippen LogP contribution in [0.1, 0.15) is 26.3 Å². The maximum Gasteiger partial charge on any atom is 0.573 e. The van der Waals surface area contributed by atoms with Gasteiger partial charge in [0.05, 0.1) is 11.3 Å². The largest absolute Gasteiger partial charge is 0.573 e. The van der Waals surface area contributed by atoms with Crippen LogP contribution in [-0.4, -0.2) is 41.7 Å². The summed E-state index contributed by atoms with van der Waals surface area (Å²) in [6.45, 7) is 0. The van der Waals surface area contributed by atoms with Crippen molar-refractivity contribution in [3.63, 3.8) is 0 Å². The van der Waals surface area contributed by atoms with Gasteiger partial charge >= 0.3 is 30.3 Å². The van der Waals surface area contributed by atoms with Crippen LogP contribution in [-0.2, 0) is 5.67 Å². The predicted octanol–water partition coefficient (Wildman–Crippen LogP) is 8.84. The fourth-order valence-corrected chi connectivity index (χ4v) is 4.23. The molecule has 0 bridgehead atoms. The highest BCUT2D eigenvalue weighted by Gasteiger charge is 2.81. The van der Waals surface area contributed by atoms with Crippen molar-refractivity contribution in [3.05, 3.63) is 87.4 Å². The number of halogens is 15. The van der Waals surface area contributed by atoms with Crippen molar-refractivity contribution in [2.24, 2.45) is 0 Å². The molecule has 2 amide bonds. The Morgan fingerprint density at radius 1 is 0.804 bits per heavy atom. The lowest BCUT2D eigenvalue weighted by molar-refractivity contribution is -0.389. The first-order valence-corrected chi connectivity index (χ1v) is 12.3. The number of carbonyl (C=O) groups excluding carboxylic acids is 2. The van der Waals surface area contributed by atoms with Crippen molar-refractivity contribution >= 4 is 39.1 Å². The van der Waals surface area contributed by atoms with E-state index in [1.807, 2.05) is 0 Å². The van der Waals surface area contributed by atoms with Crippen LogP contribution in [0, 0.1) is 11.6 Å². The molecule has 0 aliphatic heterocycles. The van der Waals surface area contributed by atoms with Crippen LogP contribution in [0.5, 0.6) is 5.75 Å². The molecule has 1 atom stereocenters. The number of hydroxylamine groups is 1. The molecule has 0 aliphatic rings. The molecule has 0 aliphatic carbocycles. The van der Waals surface area contributed by atoms with E-state index in [1.54, 1.807) is 0 Å². The molecule has 1 unspecified atom stereocenters. The van der Waals surface area contributed by atoms with Crippen molar-refractivity contribution < 1.29 is 81.0 Å². The lowest BCUT2D eigenvalue weighted by atomic mass is 9.87. The fourth-order valence-electron chi connectivity index (χ4n) is 3.69. The lowest BCUT2D eigenvalue weighted by Crippen LogP contribution is -2.59. The second-order valence-electron chi connectivity index (χ2n) is 8.82. The SMILES string of the molecule is O=C(Nc1c(Br)cc(C(F)(C(F)(F)F)C(F)(F)C(F)(F)F)cc1OC(F)(F)F)c1cccc(N(O)C(=O)c2ccc(F)cc2)c1F. The first kappa shape index (κ1) is 36.3. The lowest BCUT2D eigenvalue weighted by Gasteiger charge is -2.36. The summed E-state index contributed by atoms with van der Waals surface area (Å²) >= 11 is 2.25. The summed E-state index contributed by atoms with van der Waals surface area (Å²) in [7, 11) is 0. The van der Waals surface area contributed by atoms with E-state index in [2.05, 4.69) is 20.7 Å². The number of carbonyl (C=O) groups is 2. The highest BCUT2D eigenvalue weighted by Crippen LogP contribution is 2.59. The van der Waals surface area contributed by atoms with Crippen LogP contribution in [0.25, 0.3) is 0 Å². The van der Waals surface area contributed by atoms with Crippen LogP contribution in [0.4, 0.5) is 72.8 Å². The van der Waals surface area contributed by atoms with E-state index in [-0.39, 0.29) is 5.06 Å². The molecule has 0 radical (unpaired) electrons. The van der Waals surface area contributed by atoms with Crippen LogP contribution in [0.15, 0.2) is 59.1 Å². The van der Waals surface area contributed by atoms with Gasteiger partial charge in [-0.25, -0.2) is 13.2 Å². The molecule has 6 nitrogen and oxygen atoms in total. The van der Waals surface area contributed by atoms with Crippen LogP contribution in [0.2, 0.25) is 0 Å². The molecule has 0 fully saturated rings. The smallest absolute Gasteiger partial charge is 0.404 e. The second-order valence-corrected chi connectivity index (χ2v) is 9.68. The van der Waals surface area contributed by atoms with Crippen molar-refractivity contribution in [1.29, 1.82) is 0 Å². The molecule has 0 saturated carbocycles. The van der Waals surface area contributed by atoms with E-state index in [4.69, 9.17) is 0 Å². The van der Waals surface area contributed by atoms with Gasteiger partial charge in [-0.1, -0.05) is 6.07 Å². The second kappa shape index (κ2) is 12.2. The van der Waals surface area contributed by atoms with Crippen LogP contribution < -0.4 is 15.1 Å². The molecule has 3 aromatic carbocycles. The van der Waals surface area contributed by atoms with E-state index in [9.17, 15) is 71.9 Å². The molecule has 0 saturated heterocycles. The van der Waals surface area contributed by atoms with Gasteiger partial charge in [0.25, 0.3) is 11.8 Å². The number of anilines is 2. The van der Waals surface area contributed by atoms with Crippen molar-refractivity contribution in [2.45, 2.75) is 30.3 Å². The topological polar surface area (TPSA) is 78.9 Å². The zero-order valence-corrected chi connectivity index (χ0v) is 23.1. The van der Waals surface area contributed by atoms with Crippen molar-refractivity contribution in [1.82, 2.24) is 0 Å². The molecule has 3 rings (SSSR count). The summed E-state index contributed by atoms with van der Waals surface area (Å²) < 4.78 is 192. The van der Waals surface area contributed by atoms with Gasteiger partial charge in [0.1, 0.15) is 11.5 Å². The number of rotatable bonds is 7. The van der Waals surface area contributed by atoms with E-state index in [0.29, 0.717) is 12.1 Å². The normalized spacial score (nSPS) is 14.0. The third-order valence-corrected chi connectivity index (χ3v) is 6.46. The zero-order chi connectivity index (χ0) is 35.2. The molecule has 2 N–H and O–H groups in total. The van der Waals surface area contributed by atoms with Gasteiger partial charge in [-0.3, -0.25) is 14.8 Å². The maximum absolute atomic E-state index is 15.2. The number of nitrogens with one attached hydrogen (secondary N) is 1. The van der Waals surface area contributed by atoms with Gasteiger partial charge in [0.2, 0.25) is 0 Å². The minimum atomic E-state index is -7.29. The third kappa shape index (κ3) is 6.83. The standard InChI is InChI=1S/C25H11BrF14N2O4/c26-14-8-11(21(29,23(32,33)34)22(30,31)24(35,36)37)9-16(46-25(38,39)40)18(14)41-19(43)13-2-1-3-15(17(13)28)42(45)20(44)10-4-6-12(27)7-5-10/h1-9,45H,(H,41,43). The van der Waals surface area contributed by atoms with Crippen LogP contribution in [0.3, 0.4) is 0 Å². The van der Waals surface area contributed by atoms with E-state index < -0.39 is 104 Å². The van der Waals surface area contributed by atoms with Crippen molar-refractivity contribution in [3.8, 4) is 5.75 Å². The molecular formula is C25H11BrF14N2O4. The average Bonchev–Trinajstić information content (AvgIpc) is 2.91. The summed E-state index contributed by atoms with van der Waals surface area (Å²) in [5.74, 6) is -15.2. The molecule has 0 heterocycles. The molecule has 250 valence electrons. The van der Waals surface area contributed by atoms with Gasteiger partial charge < -0.3 is 10.1 Å². The Bertz CT molecular complexity index is 1640. The van der Waals surface area contributed by atoms with E-state index in [0.717, 1.165) is 30.3 Å². The number of benzene rings is 3. The van der Waals surface area contributed by atoms with Gasteiger partial charge in [-0.2, -0.15) is 40.2 Å². The average molecular weight is 749 g/mol. The maximum atomic E-state index is 15.2. The predicted molar refractivity (Wildman–Crippen MR) is 130 cm³/mol. The minimum Gasteiger partial charge on any atom is -0.404 e. The van der Waals surface area contributed by atoms with Gasteiger partial charge in [-0.15, -0.1) is 13.2 Å². The van der Waals surface area contributed by atoms with Crippen LogP contribution >= 0.6 is 15.9 Å². The van der Waals surface area contributed by atoms with E-state index >= 15 is 4.39 Å². The number of alkyl halides is 12. The Morgan fingerprint density at radius 2 is 1.37 bits per heavy atom. The van der Waals surface area contributed by atoms with Gasteiger partial charge in [-0.05, 0) is 64.5 Å². The summed E-state index contributed by atoms with van der Waals surface area (Å²) in [5, 5.41) is 11.3. The Balaban J connectivity index is 2.12. The Labute approximate surface area is 254 Å². The Morgan fingerprint density at radius 3 is 1.87 bits per heavy atom. The molecule has 21 heteroatoms. The number of ether oxygens (including phenoxy) is 1. The number of nitrogens with zero attached hydrogens (tertiary/aromatic N) is 1. The van der Waals surface area contributed by atoms with Crippen molar-refractivity contribution in [2.75, 3.05) is 10.4 Å². The first-order valence-electron chi connectivity index (χ1n) is 11.5. The summed E-state index contributed by atoms with van der Waals surface area (Å²) in [6.07, 6.45) is -20.3. The first-order chi connectivity index (χ1) is 20.8. The summed E-state index contributed by atoms with van der Waals surface area (Å²) in [5.41, 5.74) is -13.6. The monoisotopic (exact) mass is 748 g/mol. The molecule has 0 aromatic heterocycles. The Kier molecular flexibility index (Phi) is 9.66. The highest BCUT2D eigenvalue weighted by molar-refractivity contribution is 9.10. The molecule has 0 spiro atoms. The van der Waals surface area contributed by atoms with Gasteiger partial charge in [0.15, 0.2) is 11.6 Å². The highest BCUT2D eigenvalue weighted by atomic mass is 79.9. The Hall–Kier alpha value is -4.14.